The van der Waals surface area contributed by atoms with Crippen LogP contribution in [0.5, 0.6) is 0 Å². The molecule has 0 bridgehead atoms. The summed E-state index contributed by atoms with van der Waals surface area (Å²) in [6.07, 6.45) is 3.10. The van der Waals surface area contributed by atoms with Gasteiger partial charge in [-0.2, -0.15) is 5.10 Å². The van der Waals surface area contributed by atoms with Crippen molar-refractivity contribution in [2.24, 2.45) is 10.8 Å². The summed E-state index contributed by atoms with van der Waals surface area (Å²) in [6.45, 7) is 0. The number of hydrogen-bond acceptors (Lipinski definition) is 5. The van der Waals surface area contributed by atoms with Crippen LogP contribution in [0, 0.1) is 0 Å². The summed E-state index contributed by atoms with van der Waals surface area (Å²) in [4.78, 5) is 20.5. The maximum absolute atomic E-state index is 12.4. The number of aromatic nitrogens is 2. The van der Waals surface area contributed by atoms with Crippen molar-refractivity contribution in [3.05, 3.63) is 60.2 Å². The van der Waals surface area contributed by atoms with Gasteiger partial charge in [-0.15, -0.1) is 0 Å². The number of thiocarbonyl (C=S) groups is 1. The smallest absolute Gasteiger partial charge is 0.233 e. The Morgan fingerprint density at radius 1 is 1.10 bits per heavy atom. The molecule has 0 spiro atoms. The number of carbonyl (C=O) groups excluding carboxylic acids is 1. The van der Waals surface area contributed by atoms with Crippen LogP contribution < -0.4 is 11.2 Å². The summed E-state index contributed by atoms with van der Waals surface area (Å²) in [5.74, 6) is -0.368. The number of hydrogen-bond donors (Lipinski definition) is 2. The molecular formula is C13H11N5OS. The molecule has 0 amide bonds. The van der Waals surface area contributed by atoms with E-state index in [1.165, 1.54) is 6.20 Å². The van der Waals surface area contributed by atoms with Crippen molar-refractivity contribution in [2.45, 2.75) is 0 Å². The quantitative estimate of drug-likeness (QED) is 0.375. The van der Waals surface area contributed by atoms with E-state index >= 15 is 0 Å². The number of Topliss-reactive ketones (excluding diaryl/α,β-unsaturated/α-hetero) is 1. The van der Waals surface area contributed by atoms with Gasteiger partial charge in [0.15, 0.2) is 10.8 Å². The molecule has 0 saturated heterocycles. The SMILES string of the molecule is NC(=S)N/N=C(/C(=O)c1ccccn1)c1ccccn1. The summed E-state index contributed by atoms with van der Waals surface area (Å²) >= 11 is 4.68. The number of nitrogens with zero attached hydrogens (tertiary/aromatic N) is 3. The Bertz CT molecular complexity index is 642. The largest absolute Gasteiger partial charge is 0.375 e. The van der Waals surface area contributed by atoms with Crippen LogP contribution in [-0.2, 0) is 0 Å². The Labute approximate surface area is 120 Å². The van der Waals surface area contributed by atoms with Gasteiger partial charge in [-0.3, -0.25) is 20.2 Å². The molecule has 6 nitrogen and oxygen atoms in total. The van der Waals surface area contributed by atoms with Crippen molar-refractivity contribution in [1.29, 1.82) is 0 Å². The lowest BCUT2D eigenvalue weighted by atomic mass is 10.1. The first kappa shape index (κ1) is 13.8. The summed E-state index contributed by atoms with van der Waals surface area (Å²) < 4.78 is 0. The lowest BCUT2D eigenvalue weighted by Crippen LogP contribution is -2.28. The van der Waals surface area contributed by atoms with Crippen LogP contribution in [0.3, 0.4) is 0 Å². The van der Waals surface area contributed by atoms with E-state index in [0.29, 0.717) is 5.69 Å². The van der Waals surface area contributed by atoms with E-state index < -0.39 is 0 Å². The van der Waals surface area contributed by atoms with Gasteiger partial charge in [-0.25, -0.2) is 0 Å². The first-order valence-corrected chi connectivity index (χ1v) is 6.09. The average molecular weight is 285 g/mol. The number of nitrogens with one attached hydrogen (secondary N) is 1. The second-order valence-corrected chi connectivity index (χ2v) is 4.14. The van der Waals surface area contributed by atoms with E-state index in [1.54, 1.807) is 42.6 Å². The molecule has 2 rings (SSSR count). The van der Waals surface area contributed by atoms with Crippen LogP contribution in [0.1, 0.15) is 16.2 Å². The van der Waals surface area contributed by atoms with Crippen LogP contribution in [0.15, 0.2) is 53.9 Å². The molecule has 2 aromatic heterocycles. The van der Waals surface area contributed by atoms with Crippen LogP contribution in [0.4, 0.5) is 0 Å². The van der Waals surface area contributed by atoms with Gasteiger partial charge in [0, 0.05) is 12.4 Å². The lowest BCUT2D eigenvalue weighted by Gasteiger charge is -2.05. The van der Waals surface area contributed by atoms with Crippen molar-refractivity contribution in [1.82, 2.24) is 15.4 Å². The highest BCUT2D eigenvalue weighted by atomic mass is 32.1. The first-order chi connectivity index (χ1) is 9.68. The Kier molecular flexibility index (Phi) is 4.46. The number of pyridine rings is 2. The topological polar surface area (TPSA) is 93.3 Å². The van der Waals surface area contributed by atoms with E-state index in [4.69, 9.17) is 5.73 Å². The van der Waals surface area contributed by atoms with Crippen LogP contribution in [0.2, 0.25) is 0 Å². The minimum Gasteiger partial charge on any atom is -0.375 e. The molecule has 0 saturated carbocycles. The summed E-state index contributed by atoms with van der Waals surface area (Å²) in [5, 5.41) is 3.88. The zero-order valence-corrected chi connectivity index (χ0v) is 11.2. The molecule has 0 radical (unpaired) electrons. The molecule has 0 aliphatic heterocycles. The first-order valence-electron chi connectivity index (χ1n) is 5.69. The number of ketones is 1. The highest BCUT2D eigenvalue weighted by molar-refractivity contribution is 7.80. The van der Waals surface area contributed by atoms with E-state index in [0.717, 1.165) is 0 Å². The number of carbonyl (C=O) groups is 1. The fourth-order valence-electron chi connectivity index (χ4n) is 1.46. The molecule has 7 heteroatoms. The third-order valence-corrected chi connectivity index (χ3v) is 2.39. The number of nitrogens with two attached hydrogens (primary N) is 1. The van der Waals surface area contributed by atoms with E-state index in [-0.39, 0.29) is 22.3 Å². The van der Waals surface area contributed by atoms with Crippen molar-refractivity contribution in [3.63, 3.8) is 0 Å². The van der Waals surface area contributed by atoms with Crippen molar-refractivity contribution in [3.8, 4) is 0 Å². The fourth-order valence-corrected chi connectivity index (χ4v) is 1.50. The highest BCUT2D eigenvalue weighted by Gasteiger charge is 2.18. The molecule has 0 fully saturated rings. The zero-order chi connectivity index (χ0) is 14.4. The van der Waals surface area contributed by atoms with Crippen LogP contribution >= 0.6 is 12.2 Å². The van der Waals surface area contributed by atoms with Gasteiger partial charge in [0.1, 0.15) is 5.69 Å². The molecule has 0 aliphatic rings. The summed E-state index contributed by atoms with van der Waals surface area (Å²) in [6, 6.07) is 10.2. The highest BCUT2D eigenvalue weighted by Crippen LogP contribution is 2.04. The molecule has 0 atom stereocenters. The Morgan fingerprint density at radius 2 is 1.70 bits per heavy atom. The minimum atomic E-state index is -0.368. The Balaban J connectivity index is 2.40. The Morgan fingerprint density at radius 3 is 2.20 bits per heavy atom. The maximum atomic E-state index is 12.4. The normalized spacial score (nSPS) is 10.9. The third-order valence-electron chi connectivity index (χ3n) is 2.30. The van der Waals surface area contributed by atoms with Gasteiger partial charge in [0.05, 0.1) is 5.69 Å². The van der Waals surface area contributed by atoms with Crippen LogP contribution in [0.25, 0.3) is 0 Å². The molecule has 3 N–H and O–H groups in total. The second-order valence-electron chi connectivity index (χ2n) is 3.70. The predicted molar refractivity (Wildman–Crippen MR) is 79.3 cm³/mol. The van der Waals surface area contributed by atoms with Gasteiger partial charge < -0.3 is 5.73 Å². The van der Waals surface area contributed by atoms with Gasteiger partial charge in [0.25, 0.3) is 0 Å². The molecule has 100 valence electrons. The lowest BCUT2D eigenvalue weighted by molar-refractivity contribution is 0.106. The van der Waals surface area contributed by atoms with Gasteiger partial charge >= 0.3 is 0 Å². The van der Waals surface area contributed by atoms with Crippen molar-refractivity contribution in [2.75, 3.05) is 0 Å². The number of hydrazone groups is 1. The fraction of sp³-hybridized carbons (Fsp3) is 0. The van der Waals surface area contributed by atoms with Crippen LogP contribution in [-0.4, -0.2) is 26.6 Å². The third kappa shape index (κ3) is 3.42. The predicted octanol–water partition coefficient (Wildman–Crippen LogP) is 0.897. The monoisotopic (exact) mass is 285 g/mol. The molecule has 2 aromatic rings. The average Bonchev–Trinajstić information content (AvgIpc) is 2.49. The maximum Gasteiger partial charge on any atom is 0.233 e. The molecule has 2 heterocycles. The van der Waals surface area contributed by atoms with Gasteiger partial charge in [0.2, 0.25) is 5.78 Å². The zero-order valence-electron chi connectivity index (χ0n) is 10.4. The summed E-state index contributed by atoms with van der Waals surface area (Å²) in [7, 11) is 0. The molecule has 0 aliphatic carbocycles. The Hall–Kier alpha value is -2.67. The van der Waals surface area contributed by atoms with Crippen molar-refractivity contribution >= 4 is 28.8 Å². The minimum absolute atomic E-state index is 0.0350. The summed E-state index contributed by atoms with van der Waals surface area (Å²) in [5.41, 5.74) is 8.50. The van der Waals surface area contributed by atoms with Gasteiger partial charge in [-0.05, 0) is 36.5 Å². The van der Waals surface area contributed by atoms with E-state index in [1.807, 2.05) is 0 Å². The van der Waals surface area contributed by atoms with E-state index in [2.05, 4.69) is 32.7 Å². The molecule has 0 aromatic carbocycles. The van der Waals surface area contributed by atoms with E-state index in [9.17, 15) is 4.79 Å². The van der Waals surface area contributed by atoms with Gasteiger partial charge in [-0.1, -0.05) is 12.1 Å². The second kappa shape index (κ2) is 6.48. The van der Waals surface area contributed by atoms with Crippen molar-refractivity contribution < 1.29 is 4.79 Å². The molecule has 20 heavy (non-hydrogen) atoms. The molecule has 0 unspecified atom stereocenters. The standard InChI is InChI=1S/C13H11N5OS/c14-13(20)18-17-11(9-5-1-3-7-15-9)12(19)10-6-2-4-8-16-10/h1-8H,(H3,14,18,20)/b17-11+. The number of rotatable bonds is 4. The molecular weight excluding hydrogens is 274 g/mol.